The summed E-state index contributed by atoms with van der Waals surface area (Å²) in [4.78, 5) is 0.366. The van der Waals surface area contributed by atoms with E-state index in [0.717, 1.165) is 18.5 Å². The molecule has 0 aromatic heterocycles. The van der Waals surface area contributed by atoms with Crippen LogP contribution in [0.5, 0.6) is 0 Å². The zero-order chi connectivity index (χ0) is 14.5. The van der Waals surface area contributed by atoms with Gasteiger partial charge in [-0.2, -0.15) is 0 Å². The first-order chi connectivity index (χ1) is 8.87. The molecule has 108 valence electrons. The van der Waals surface area contributed by atoms with Crippen molar-refractivity contribution in [3.63, 3.8) is 0 Å². The average Bonchev–Trinajstić information content (AvgIpc) is 2.45. The minimum absolute atomic E-state index is 0.122. The number of nitrogens with two attached hydrogens (primary N) is 1. The molecular weight excluding hydrogens is 260 g/mol. The molecule has 0 spiro atoms. The molecule has 0 saturated carbocycles. The molecule has 5 heteroatoms. The highest BCUT2D eigenvalue weighted by Crippen LogP contribution is 2.17. The highest BCUT2D eigenvalue weighted by atomic mass is 32.2. The zero-order valence-corrected chi connectivity index (χ0v) is 12.8. The fourth-order valence-electron chi connectivity index (χ4n) is 1.72. The van der Waals surface area contributed by atoms with Crippen molar-refractivity contribution in [2.45, 2.75) is 44.0 Å². The molecule has 0 aliphatic carbocycles. The molecule has 4 nitrogen and oxygen atoms in total. The maximum Gasteiger partial charge on any atom is 0.178 e. The Balaban J connectivity index is 2.73. The molecule has 0 fully saturated rings. The molecule has 0 heterocycles. The van der Waals surface area contributed by atoms with Crippen LogP contribution in [0.4, 0.5) is 5.69 Å². The topological polar surface area (TPSA) is 72.2 Å². The summed E-state index contributed by atoms with van der Waals surface area (Å²) in [7, 11) is -3.12. The Labute approximate surface area is 116 Å². The molecule has 0 atom stereocenters. The normalized spacial score (nSPS) is 12.4. The van der Waals surface area contributed by atoms with Gasteiger partial charge in [-0.25, -0.2) is 8.42 Å². The van der Waals surface area contributed by atoms with Crippen LogP contribution < -0.4 is 11.1 Å². The van der Waals surface area contributed by atoms with Crippen molar-refractivity contribution in [2.75, 3.05) is 17.6 Å². The predicted octanol–water partition coefficient (Wildman–Crippen LogP) is 2.41. The van der Waals surface area contributed by atoms with Crippen LogP contribution in [0.1, 0.15) is 33.6 Å². The van der Waals surface area contributed by atoms with Gasteiger partial charge in [0, 0.05) is 17.8 Å². The van der Waals surface area contributed by atoms with E-state index >= 15 is 0 Å². The van der Waals surface area contributed by atoms with Crippen LogP contribution in [-0.4, -0.2) is 26.3 Å². The molecule has 0 amide bonds. The summed E-state index contributed by atoms with van der Waals surface area (Å²) in [6.45, 7) is 6.47. The molecule has 0 unspecified atom stereocenters. The third-order valence-corrected chi connectivity index (χ3v) is 5.40. The number of nitrogens with one attached hydrogen (secondary N) is 1. The van der Waals surface area contributed by atoms with Gasteiger partial charge < -0.3 is 11.1 Å². The van der Waals surface area contributed by atoms with E-state index in [1.807, 2.05) is 0 Å². The second-order valence-electron chi connectivity index (χ2n) is 4.85. The van der Waals surface area contributed by atoms with Gasteiger partial charge in [0.2, 0.25) is 0 Å². The molecule has 0 aliphatic rings. The summed E-state index contributed by atoms with van der Waals surface area (Å²) >= 11 is 0. The van der Waals surface area contributed by atoms with E-state index in [9.17, 15) is 8.42 Å². The number of hydrogen-bond donors (Lipinski definition) is 2. The van der Waals surface area contributed by atoms with Gasteiger partial charge >= 0.3 is 0 Å². The number of benzene rings is 1. The van der Waals surface area contributed by atoms with Gasteiger partial charge in [0.1, 0.15) is 0 Å². The van der Waals surface area contributed by atoms with E-state index in [4.69, 9.17) is 5.73 Å². The van der Waals surface area contributed by atoms with Crippen LogP contribution in [0.2, 0.25) is 0 Å². The first-order valence-electron chi connectivity index (χ1n) is 6.72. The maximum atomic E-state index is 11.7. The van der Waals surface area contributed by atoms with Crippen molar-refractivity contribution in [3.05, 3.63) is 24.3 Å². The van der Waals surface area contributed by atoms with Gasteiger partial charge in [-0.05, 0) is 37.1 Å². The second kappa shape index (κ2) is 6.39. The van der Waals surface area contributed by atoms with E-state index in [1.165, 1.54) is 0 Å². The lowest BCUT2D eigenvalue weighted by atomic mass is 9.94. The number of sulfone groups is 1. The number of rotatable bonds is 7. The average molecular weight is 284 g/mol. The SMILES string of the molecule is CCC(N)(CC)CNc1ccc(S(=O)(=O)CC)cc1. The van der Waals surface area contributed by atoms with Gasteiger partial charge in [0.25, 0.3) is 0 Å². The molecular formula is C14H24N2O2S. The quantitative estimate of drug-likeness (QED) is 0.806. The van der Waals surface area contributed by atoms with Crippen LogP contribution in [0.3, 0.4) is 0 Å². The van der Waals surface area contributed by atoms with Crippen LogP contribution in [0.25, 0.3) is 0 Å². The van der Waals surface area contributed by atoms with E-state index < -0.39 is 9.84 Å². The summed E-state index contributed by atoms with van der Waals surface area (Å²) in [6, 6.07) is 6.84. The Morgan fingerprint density at radius 3 is 2.05 bits per heavy atom. The molecule has 1 aromatic carbocycles. The van der Waals surface area contributed by atoms with Crippen molar-refractivity contribution < 1.29 is 8.42 Å². The summed E-state index contributed by atoms with van der Waals surface area (Å²) in [5, 5.41) is 3.26. The lowest BCUT2D eigenvalue weighted by Crippen LogP contribution is -2.45. The first kappa shape index (κ1) is 16.0. The molecule has 1 aromatic rings. The van der Waals surface area contributed by atoms with Gasteiger partial charge in [0.15, 0.2) is 9.84 Å². The van der Waals surface area contributed by atoms with Crippen LogP contribution in [0.15, 0.2) is 29.2 Å². The Morgan fingerprint density at radius 2 is 1.63 bits per heavy atom. The summed E-state index contributed by atoms with van der Waals surface area (Å²) < 4.78 is 23.4. The third kappa shape index (κ3) is 4.21. The molecule has 0 saturated heterocycles. The Morgan fingerprint density at radius 1 is 1.11 bits per heavy atom. The highest BCUT2D eigenvalue weighted by molar-refractivity contribution is 7.91. The van der Waals surface area contributed by atoms with Crippen molar-refractivity contribution in [1.82, 2.24) is 0 Å². The van der Waals surface area contributed by atoms with E-state index in [2.05, 4.69) is 19.2 Å². The summed E-state index contributed by atoms with van der Waals surface area (Å²) in [6.07, 6.45) is 1.80. The van der Waals surface area contributed by atoms with Gasteiger partial charge in [-0.1, -0.05) is 20.8 Å². The molecule has 0 aliphatic heterocycles. The monoisotopic (exact) mass is 284 g/mol. The fraction of sp³-hybridized carbons (Fsp3) is 0.571. The van der Waals surface area contributed by atoms with Crippen LogP contribution in [-0.2, 0) is 9.84 Å². The molecule has 3 N–H and O–H groups in total. The third-order valence-electron chi connectivity index (χ3n) is 3.65. The van der Waals surface area contributed by atoms with Crippen molar-refractivity contribution >= 4 is 15.5 Å². The minimum atomic E-state index is -3.12. The zero-order valence-electron chi connectivity index (χ0n) is 11.9. The van der Waals surface area contributed by atoms with Crippen molar-refractivity contribution in [2.24, 2.45) is 5.73 Å². The lowest BCUT2D eigenvalue weighted by molar-refractivity contribution is 0.418. The lowest BCUT2D eigenvalue weighted by Gasteiger charge is -2.27. The molecule has 0 bridgehead atoms. The maximum absolute atomic E-state index is 11.7. The Hall–Kier alpha value is -1.07. The summed E-state index contributed by atoms with van der Waals surface area (Å²) in [5.41, 5.74) is 6.89. The Bertz CT molecular complexity index is 491. The first-order valence-corrected chi connectivity index (χ1v) is 8.37. The Kier molecular flexibility index (Phi) is 5.38. The standard InChI is InChI=1S/C14H24N2O2S/c1-4-14(15,5-2)11-16-12-7-9-13(10-8-12)19(17,18)6-3/h7-10,16H,4-6,11,15H2,1-3H3. The number of hydrogen-bond acceptors (Lipinski definition) is 4. The van der Waals surface area contributed by atoms with Gasteiger partial charge in [-0.3, -0.25) is 0 Å². The largest absolute Gasteiger partial charge is 0.383 e. The van der Waals surface area contributed by atoms with Gasteiger partial charge in [0.05, 0.1) is 10.6 Å². The van der Waals surface area contributed by atoms with Crippen molar-refractivity contribution in [1.29, 1.82) is 0 Å². The van der Waals surface area contributed by atoms with E-state index in [0.29, 0.717) is 11.4 Å². The highest BCUT2D eigenvalue weighted by Gasteiger charge is 2.19. The molecule has 0 radical (unpaired) electrons. The van der Waals surface area contributed by atoms with Crippen LogP contribution >= 0.6 is 0 Å². The smallest absolute Gasteiger partial charge is 0.178 e. The van der Waals surface area contributed by atoms with E-state index in [-0.39, 0.29) is 11.3 Å². The van der Waals surface area contributed by atoms with E-state index in [1.54, 1.807) is 31.2 Å². The fourth-order valence-corrected chi connectivity index (χ4v) is 2.61. The van der Waals surface area contributed by atoms with Gasteiger partial charge in [-0.15, -0.1) is 0 Å². The van der Waals surface area contributed by atoms with Crippen molar-refractivity contribution in [3.8, 4) is 0 Å². The minimum Gasteiger partial charge on any atom is -0.383 e. The summed E-state index contributed by atoms with van der Waals surface area (Å²) in [5.74, 6) is 0.122. The predicted molar refractivity (Wildman–Crippen MR) is 80.2 cm³/mol. The van der Waals surface area contributed by atoms with Crippen LogP contribution in [0, 0.1) is 0 Å². The molecule has 19 heavy (non-hydrogen) atoms. The molecule has 1 rings (SSSR count). The number of anilines is 1. The second-order valence-corrected chi connectivity index (χ2v) is 7.13.